The molecule has 1 N–H and O–H groups in total. The summed E-state index contributed by atoms with van der Waals surface area (Å²) >= 11 is 0. The Balaban J connectivity index is 2.26. The van der Waals surface area contributed by atoms with Crippen LogP contribution in [0, 0.1) is 5.92 Å². The number of benzene rings is 1. The van der Waals surface area contributed by atoms with Crippen molar-refractivity contribution in [3.05, 3.63) is 23.8 Å². The fraction of sp³-hybridized carbons (Fsp3) is 0.467. The first kappa shape index (κ1) is 15.3. The maximum atomic E-state index is 11.5. The van der Waals surface area contributed by atoms with Crippen molar-refractivity contribution in [1.29, 1.82) is 0 Å². The molecule has 0 bridgehead atoms. The van der Waals surface area contributed by atoms with Crippen LogP contribution in [0.4, 0.5) is 5.69 Å². The lowest BCUT2D eigenvalue weighted by molar-refractivity contribution is -0.144. The molecule has 1 aromatic carbocycles. The van der Waals surface area contributed by atoms with Gasteiger partial charge in [0, 0.05) is 31.2 Å². The molecular formula is C15H19NO5. The molecule has 2 rings (SSSR count). The average Bonchev–Trinajstić information content (AvgIpc) is 2.46. The van der Waals surface area contributed by atoms with E-state index in [-0.39, 0.29) is 30.3 Å². The van der Waals surface area contributed by atoms with Crippen molar-refractivity contribution in [3.8, 4) is 5.75 Å². The van der Waals surface area contributed by atoms with E-state index in [0.29, 0.717) is 18.0 Å². The Morgan fingerprint density at radius 3 is 2.76 bits per heavy atom. The Morgan fingerprint density at radius 2 is 2.14 bits per heavy atom. The molecule has 114 valence electrons. The number of methoxy groups -OCH3 is 2. The normalized spacial score (nSPS) is 20.1. The molecule has 1 heterocycles. The number of esters is 1. The predicted molar refractivity (Wildman–Crippen MR) is 76.1 cm³/mol. The first-order valence-corrected chi connectivity index (χ1v) is 6.69. The molecule has 0 aliphatic carbocycles. The second-order valence-corrected chi connectivity index (χ2v) is 4.94. The van der Waals surface area contributed by atoms with Gasteiger partial charge in [-0.05, 0) is 18.2 Å². The summed E-state index contributed by atoms with van der Waals surface area (Å²) in [5, 5.41) is 2.72. The Morgan fingerprint density at radius 1 is 1.38 bits per heavy atom. The maximum Gasteiger partial charge on any atom is 0.306 e. The van der Waals surface area contributed by atoms with Crippen LogP contribution in [0.15, 0.2) is 18.2 Å². The maximum absolute atomic E-state index is 11.5. The van der Waals surface area contributed by atoms with Crippen molar-refractivity contribution < 1.29 is 23.8 Å². The zero-order valence-corrected chi connectivity index (χ0v) is 12.3. The number of rotatable bonds is 4. The van der Waals surface area contributed by atoms with Gasteiger partial charge >= 0.3 is 5.97 Å². The molecule has 0 saturated carbocycles. The van der Waals surface area contributed by atoms with Gasteiger partial charge in [0.15, 0.2) is 0 Å². The molecule has 6 heteroatoms. The van der Waals surface area contributed by atoms with E-state index in [1.165, 1.54) is 14.0 Å². The Bertz CT molecular complexity index is 543. The number of hydrogen-bond donors (Lipinski definition) is 1. The molecule has 0 fully saturated rings. The minimum atomic E-state index is -0.299. The lowest BCUT2D eigenvalue weighted by Gasteiger charge is -2.32. The van der Waals surface area contributed by atoms with Crippen molar-refractivity contribution in [3.63, 3.8) is 0 Å². The summed E-state index contributed by atoms with van der Waals surface area (Å²) in [4.78, 5) is 22.6. The van der Waals surface area contributed by atoms with Crippen LogP contribution in [0.25, 0.3) is 0 Å². The standard InChI is InChI=1S/C15H19NO5/c1-9(17)16-11-4-5-13-12(7-11)15(20-3)10(8-21-13)6-14(18)19-2/h4-5,7,10,15H,6,8H2,1-3H3,(H,16,17). The molecule has 0 spiro atoms. The third-order valence-electron chi connectivity index (χ3n) is 3.43. The van der Waals surface area contributed by atoms with E-state index in [0.717, 1.165) is 5.56 Å². The molecule has 0 saturated heterocycles. The zero-order valence-electron chi connectivity index (χ0n) is 12.3. The summed E-state index contributed by atoms with van der Waals surface area (Å²) in [5.74, 6) is 0.137. The van der Waals surface area contributed by atoms with E-state index in [9.17, 15) is 9.59 Å². The number of nitrogens with one attached hydrogen (secondary N) is 1. The Kier molecular flexibility index (Phi) is 4.80. The second kappa shape index (κ2) is 6.58. The fourth-order valence-corrected chi connectivity index (χ4v) is 2.50. The second-order valence-electron chi connectivity index (χ2n) is 4.94. The molecule has 2 atom stereocenters. The summed E-state index contributed by atoms with van der Waals surface area (Å²) in [6.45, 7) is 1.84. The first-order valence-electron chi connectivity index (χ1n) is 6.69. The van der Waals surface area contributed by atoms with Crippen LogP contribution in [0.2, 0.25) is 0 Å². The number of amides is 1. The summed E-state index contributed by atoms with van der Waals surface area (Å²) < 4.78 is 15.9. The third-order valence-corrected chi connectivity index (χ3v) is 3.43. The van der Waals surface area contributed by atoms with Crippen LogP contribution in [0.5, 0.6) is 5.75 Å². The van der Waals surface area contributed by atoms with Crippen molar-refractivity contribution in [2.24, 2.45) is 5.92 Å². The van der Waals surface area contributed by atoms with Gasteiger partial charge in [0.25, 0.3) is 0 Å². The predicted octanol–water partition coefficient (Wildman–Crippen LogP) is 1.90. The van der Waals surface area contributed by atoms with Gasteiger partial charge in [-0.3, -0.25) is 9.59 Å². The average molecular weight is 293 g/mol. The van der Waals surface area contributed by atoms with E-state index in [1.807, 2.05) is 6.07 Å². The zero-order chi connectivity index (χ0) is 15.4. The molecule has 21 heavy (non-hydrogen) atoms. The number of fused-ring (bicyclic) bond motifs is 1. The van der Waals surface area contributed by atoms with Gasteiger partial charge in [-0.25, -0.2) is 0 Å². The van der Waals surface area contributed by atoms with E-state index in [4.69, 9.17) is 14.2 Å². The summed E-state index contributed by atoms with van der Waals surface area (Å²) in [6, 6.07) is 5.38. The quantitative estimate of drug-likeness (QED) is 0.858. The van der Waals surface area contributed by atoms with E-state index in [1.54, 1.807) is 19.2 Å². The van der Waals surface area contributed by atoms with Gasteiger partial charge in [-0.2, -0.15) is 0 Å². The molecule has 1 aromatic rings. The number of carbonyl (C=O) groups is 2. The number of hydrogen-bond acceptors (Lipinski definition) is 5. The SMILES string of the molecule is COC(=O)CC1COc2ccc(NC(C)=O)cc2C1OC. The summed E-state index contributed by atoms with van der Waals surface area (Å²) in [5.41, 5.74) is 1.49. The largest absolute Gasteiger partial charge is 0.493 e. The first-order chi connectivity index (χ1) is 10.0. The Labute approximate surface area is 123 Å². The molecule has 0 aromatic heterocycles. The minimum absolute atomic E-state index is 0.123. The lowest BCUT2D eigenvalue weighted by Crippen LogP contribution is -2.29. The smallest absolute Gasteiger partial charge is 0.306 e. The van der Waals surface area contributed by atoms with Crippen molar-refractivity contribution in [1.82, 2.24) is 0 Å². The van der Waals surface area contributed by atoms with Gasteiger partial charge in [-0.15, -0.1) is 0 Å². The Hall–Kier alpha value is -2.08. The number of ether oxygens (including phenoxy) is 3. The van der Waals surface area contributed by atoms with Gasteiger partial charge in [0.1, 0.15) is 5.75 Å². The fourth-order valence-electron chi connectivity index (χ4n) is 2.50. The van der Waals surface area contributed by atoms with Gasteiger partial charge in [0.2, 0.25) is 5.91 Å². The van der Waals surface area contributed by atoms with Crippen LogP contribution in [-0.4, -0.2) is 32.7 Å². The highest BCUT2D eigenvalue weighted by molar-refractivity contribution is 5.88. The molecule has 1 aliphatic heterocycles. The van der Waals surface area contributed by atoms with E-state index in [2.05, 4.69) is 5.32 Å². The molecular weight excluding hydrogens is 274 g/mol. The lowest BCUT2D eigenvalue weighted by atomic mass is 9.90. The molecule has 6 nitrogen and oxygen atoms in total. The number of carbonyl (C=O) groups excluding carboxylic acids is 2. The topological polar surface area (TPSA) is 73.9 Å². The highest BCUT2D eigenvalue weighted by Crippen LogP contribution is 2.40. The molecule has 0 radical (unpaired) electrons. The van der Waals surface area contributed by atoms with Crippen LogP contribution >= 0.6 is 0 Å². The van der Waals surface area contributed by atoms with Gasteiger partial charge < -0.3 is 19.5 Å². The number of anilines is 1. The van der Waals surface area contributed by atoms with Gasteiger partial charge in [0.05, 0.1) is 26.2 Å². The highest BCUT2D eigenvalue weighted by Gasteiger charge is 2.33. The van der Waals surface area contributed by atoms with Crippen LogP contribution in [0.1, 0.15) is 25.0 Å². The third kappa shape index (κ3) is 3.52. The minimum Gasteiger partial charge on any atom is -0.493 e. The van der Waals surface area contributed by atoms with Crippen LogP contribution < -0.4 is 10.1 Å². The monoisotopic (exact) mass is 293 g/mol. The van der Waals surface area contributed by atoms with Crippen LogP contribution in [0.3, 0.4) is 0 Å². The van der Waals surface area contributed by atoms with Crippen LogP contribution in [-0.2, 0) is 19.1 Å². The molecule has 1 amide bonds. The van der Waals surface area contributed by atoms with Crippen molar-refractivity contribution >= 4 is 17.6 Å². The van der Waals surface area contributed by atoms with Crippen molar-refractivity contribution in [2.75, 3.05) is 26.1 Å². The summed E-state index contributed by atoms with van der Waals surface area (Å²) in [6.07, 6.45) is -0.0553. The van der Waals surface area contributed by atoms with E-state index >= 15 is 0 Å². The van der Waals surface area contributed by atoms with E-state index < -0.39 is 0 Å². The molecule has 2 unspecified atom stereocenters. The highest BCUT2D eigenvalue weighted by atomic mass is 16.5. The molecule has 1 aliphatic rings. The van der Waals surface area contributed by atoms with Crippen molar-refractivity contribution in [2.45, 2.75) is 19.4 Å². The summed E-state index contributed by atoms with van der Waals surface area (Å²) in [7, 11) is 2.95. The van der Waals surface area contributed by atoms with Gasteiger partial charge in [-0.1, -0.05) is 0 Å².